The van der Waals surface area contributed by atoms with Crippen molar-refractivity contribution in [1.29, 1.82) is 0 Å². The van der Waals surface area contributed by atoms with Crippen LogP contribution in [0.1, 0.15) is 30.1 Å². The Morgan fingerprint density at radius 1 is 1.67 bits per heavy atom. The molecule has 1 aromatic heterocycles. The molecule has 2 rings (SSSR count). The Balaban J connectivity index is 2.34. The van der Waals surface area contributed by atoms with Crippen LogP contribution in [0.2, 0.25) is 5.02 Å². The summed E-state index contributed by atoms with van der Waals surface area (Å²) in [5.74, 6) is 0.0399. The van der Waals surface area contributed by atoms with E-state index in [1.165, 1.54) is 6.07 Å². The molecule has 2 nitrogen and oxygen atoms in total. The molecule has 0 amide bonds. The fourth-order valence-corrected chi connectivity index (χ4v) is 2.06. The molecule has 0 saturated heterocycles. The number of hydrogen-bond donors (Lipinski definition) is 1. The van der Waals surface area contributed by atoms with Crippen molar-refractivity contribution in [3.05, 3.63) is 28.3 Å². The number of pyridine rings is 1. The molecule has 4 heteroatoms. The predicted molar refractivity (Wildman–Crippen MR) is 56.5 cm³/mol. The molecule has 1 unspecified atom stereocenters. The maximum absolute atomic E-state index is 13.2. The third-order valence-electron chi connectivity index (χ3n) is 2.87. The van der Waals surface area contributed by atoms with Crippen molar-refractivity contribution in [2.24, 2.45) is 5.92 Å². The van der Waals surface area contributed by atoms with E-state index >= 15 is 0 Å². The zero-order valence-corrected chi connectivity index (χ0v) is 9.26. The molecule has 1 aliphatic carbocycles. The summed E-state index contributed by atoms with van der Waals surface area (Å²) in [5.41, 5.74) is 1.01. The fourth-order valence-electron chi connectivity index (χ4n) is 1.81. The van der Waals surface area contributed by atoms with Crippen LogP contribution in [0.4, 0.5) is 4.39 Å². The van der Waals surface area contributed by atoms with Crippen molar-refractivity contribution in [3.8, 4) is 0 Å². The zero-order chi connectivity index (χ0) is 11.0. The molecule has 1 aliphatic rings. The first-order chi connectivity index (χ1) is 7.13. The van der Waals surface area contributed by atoms with Gasteiger partial charge in [0, 0.05) is 11.6 Å². The Labute approximate surface area is 93.1 Å². The van der Waals surface area contributed by atoms with Crippen molar-refractivity contribution in [2.45, 2.75) is 25.7 Å². The highest BCUT2D eigenvalue weighted by molar-refractivity contribution is 6.30. The van der Waals surface area contributed by atoms with Gasteiger partial charge in [-0.05, 0) is 31.7 Å². The molecule has 1 fully saturated rings. The molecule has 1 N–H and O–H groups in total. The summed E-state index contributed by atoms with van der Waals surface area (Å²) in [7, 11) is 0. The van der Waals surface area contributed by atoms with Crippen molar-refractivity contribution >= 4 is 11.6 Å². The molecule has 1 heterocycles. The summed E-state index contributed by atoms with van der Waals surface area (Å²) in [4.78, 5) is 4.15. The van der Waals surface area contributed by atoms with Crippen LogP contribution in [-0.2, 0) is 0 Å². The Kier molecular flexibility index (Phi) is 2.94. The van der Waals surface area contributed by atoms with Gasteiger partial charge >= 0.3 is 0 Å². The summed E-state index contributed by atoms with van der Waals surface area (Å²) in [6.45, 7) is 1.64. The zero-order valence-electron chi connectivity index (χ0n) is 8.50. The first-order valence-electron chi connectivity index (χ1n) is 5.07. The Bertz CT molecular complexity index is 356. The minimum absolute atomic E-state index is 0.0156. The summed E-state index contributed by atoms with van der Waals surface area (Å²) < 4.78 is 13.2. The third kappa shape index (κ3) is 2.13. The van der Waals surface area contributed by atoms with Gasteiger partial charge in [-0.15, -0.1) is 0 Å². The van der Waals surface area contributed by atoms with Gasteiger partial charge in [0.1, 0.15) is 0 Å². The Morgan fingerprint density at radius 3 is 2.80 bits per heavy atom. The van der Waals surface area contributed by atoms with Crippen molar-refractivity contribution in [2.75, 3.05) is 6.61 Å². The second-order valence-corrected chi connectivity index (χ2v) is 4.46. The van der Waals surface area contributed by atoms with E-state index < -0.39 is 5.82 Å². The molecule has 1 atom stereocenters. The van der Waals surface area contributed by atoms with Crippen LogP contribution in [0.5, 0.6) is 0 Å². The summed E-state index contributed by atoms with van der Waals surface area (Å²) in [6.07, 6.45) is 2.22. The molecular formula is C11H13ClFNO. The first kappa shape index (κ1) is 10.8. The largest absolute Gasteiger partial charge is 0.396 e. The van der Waals surface area contributed by atoms with Gasteiger partial charge in [0.15, 0.2) is 5.82 Å². The average molecular weight is 230 g/mol. The topological polar surface area (TPSA) is 33.1 Å². The smallest absolute Gasteiger partial charge is 0.162 e. The lowest BCUT2D eigenvalue weighted by atomic mass is 10.00. The highest BCUT2D eigenvalue weighted by Crippen LogP contribution is 2.42. The maximum Gasteiger partial charge on any atom is 0.162 e. The molecule has 1 aromatic rings. The van der Waals surface area contributed by atoms with E-state index in [1.54, 1.807) is 6.92 Å². The maximum atomic E-state index is 13.2. The molecule has 0 radical (unpaired) electrons. The molecular weight excluding hydrogens is 217 g/mol. The second-order valence-electron chi connectivity index (χ2n) is 4.05. The van der Waals surface area contributed by atoms with Gasteiger partial charge in [0.2, 0.25) is 0 Å². The van der Waals surface area contributed by atoms with Gasteiger partial charge in [0.25, 0.3) is 0 Å². The molecule has 82 valence electrons. The summed E-state index contributed by atoms with van der Waals surface area (Å²) in [6, 6.07) is 1.53. The lowest BCUT2D eigenvalue weighted by molar-refractivity contribution is 0.250. The van der Waals surface area contributed by atoms with E-state index in [0.29, 0.717) is 17.3 Å². The second kappa shape index (κ2) is 4.06. The van der Waals surface area contributed by atoms with Gasteiger partial charge in [-0.3, -0.25) is 4.98 Å². The monoisotopic (exact) mass is 229 g/mol. The SMILES string of the molecule is Cc1nc(C(CO)C2CC2)cc(Cl)c1F. The van der Waals surface area contributed by atoms with Crippen LogP contribution in [0.15, 0.2) is 6.07 Å². The highest BCUT2D eigenvalue weighted by Gasteiger charge is 2.33. The Morgan fingerprint density at radius 2 is 2.33 bits per heavy atom. The number of aliphatic hydroxyl groups is 1. The molecule has 0 bridgehead atoms. The van der Waals surface area contributed by atoms with Crippen molar-refractivity contribution < 1.29 is 9.50 Å². The van der Waals surface area contributed by atoms with E-state index in [-0.39, 0.29) is 17.5 Å². The van der Waals surface area contributed by atoms with Gasteiger partial charge in [-0.25, -0.2) is 4.39 Å². The van der Waals surface area contributed by atoms with Gasteiger partial charge in [-0.1, -0.05) is 11.6 Å². The van der Waals surface area contributed by atoms with Gasteiger partial charge in [0.05, 0.1) is 17.3 Å². The number of halogens is 2. The minimum Gasteiger partial charge on any atom is -0.396 e. The minimum atomic E-state index is -0.465. The molecule has 0 aliphatic heterocycles. The van der Waals surface area contributed by atoms with Crippen LogP contribution < -0.4 is 0 Å². The average Bonchev–Trinajstić information content (AvgIpc) is 2.99. The number of aromatic nitrogens is 1. The molecule has 15 heavy (non-hydrogen) atoms. The number of aryl methyl sites for hydroxylation is 1. The third-order valence-corrected chi connectivity index (χ3v) is 3.14. The van der Waals surface area contributed by atoms with Gasteiger partial charge in [-0.2, -0.15) is 0 Å². The summed E-state index contributed by atoms with van der Waals surface area (Å²) in [5, 5.41) is 9.36. The van der Waals surface area contributed by atoms with Crippen molar-refractivity contribution in [1.82, 2.24) is 4.98 Å². The van der Waals surface area contributed by atoms with Crippen LogP contribution in [0, 0.1) is 18.7 Å². The van der Waals surface area contributed by atoms with E-state index in [9.17, 15) is 9.50 Å². The molecule has 0 aromatic carbocycles. The van der Waals surface area contributed by atoms with E-state index in [4.69, 9.17) is 11.6 Å². The quantitative estimate of drug-likeness (QED) is 0.865. The molecule has 1 saturated carbocycles. The van der Waals surface area contributed by atoms with Crippen LogP contribution in [0.3, 0.4) is 0 Å². The van der Waals surface area contributed by atoms with Gasteiger partial charge < -0.3 is 5.11 Å². The van der Waals surface area contributed by atoms with Crippen molar-refractivity contribution in [3.63, 3.8) is 0 Å². The Hall–Kier alpha value is -0.670. The van der Waals surface area contributed by atoms with E-state index in [1.807, 2.05) is 0 Å². The summed E-state index contributed by atoms with van der Waals surface area (Å²) >= 11 is 5.75. The van der Waals surface area contributed by atoms with Crippen LogP contribution in [-0.4, -0.2) is 16.7 Å². The predicted octanol–water partition coefficient (Wildman–Crippen LogP) is 2.67. The van der Waals surface area contributed by atoms with E-state index in [0.717, 1.165) is 12.8 Å². The molecule has 0 spiro atoms. The lowest BCUT2D eigenvalue weighted by Crippen LogP contribution is -2.10. The van der Waals surface area contributed by atoms with Crippen LogP contribution in [0.25, 0.3) is 0 Å². The fraction of sp³-hybridized carbons (Fsp3) is 0.545. The normalized spacial score (nSPS) is 17.9. The highest BCUT2D eigenvalue weighted by atomic mass is 35.5. The number of aliphatic hydroxyl groups excluding tert-OH is 1. The van der Waals surface area contributed by atoms with E-state index in [2.05, 4.69) is 4.98 Å². The lowest BCUT2D eigenvalue weighted by Gasteiger charge is -2.13. The standard InChI is InChI=1S/C11H13ClFNO/c1-6-11(13)9(12)4-10(14-6)8(5-15)7-2-3-7/h4,7-8,15H,2-3,5H2,1H3. The number of hydrogen-bond acceptors (Lipinski definition) is 2. The first-order valence-corrected chi connectivity index (χ1v) is 5.44. The van der Waals surface area contributed by atoms with Crippen LogP contribution >= 0.6 is 11.6 Å². The number of nitrogens with zero attached hydrogens (tertiary/aromatic N) is 1. The number of rotatable bonds is 3.